The number of aryl methyl sites for hydroxylation is 1. The van der Waals surface area contributed by atoms with Gasteiger partial charge in [-0.25, -0.2) is 0 Å². The van der Waals surface area contributed by atoms with Gasteiger partial charge < -0.3 is 10.4 Å². The lowest BCUT2D eigenvalue weighted by atomic mass is 9.79. The molecule has 2 rings (SSSR count). The molecule has 82 valence electrons. The Balaban J connectivity index is 1.81. The third kappa shape index (κ3) is 2.18. The predicted molar refractivity (Wildman–Crippen MR) is 54.2 cm³/mol. The predicted octanol–water partition coefficient (Wildman–Crippen LogP) is 0.373. The van der Waals surface area contributed by atoms with Gasteiger partial charge in [-0.3, -0.25) is 9.48 Å². The van der Waals surface area contributed by atoms with Crippen LogP contribution < -0.4 is 5.32 Å². The van der Waals surface area contributed by atoms with E-state index in [0.29, 0.717) is 6.54 Å². The van der Waals surface area contributed by atoms with E-state index in [2.05, 4.69) is 10.4 Å². The minimum Gasteiger partial charge on any atom is -0.481 e. The number of hydrogen-bond donors (Lipinski definition) is 2. The standard InChI is InChI=1S/C10H15N3O2/c1-13-6-7(5-12-13)4-11-9-3-2-8(9)10(14)15/h5-6,8-9,11H,2-4H2,1H3,(H,14,15). The number of carboxylic acids is 1. The molecule has 5 nitrogen and oxygen atoms in total. The average Bonchev–Trinajstić information content (AvgIpc) is 2.48. The third-order valence-electron chi connectivity index (χ3n) is 2.92. The van der Waals surface area contributed by atoms with Gasteiger partial charge in [0.1, 0.15) is 0 Å². The van der Waals surface area contributed by atoms with Gasteiger partial charge in [0, 0.05) is 31.4 Å². The Labute approximate surface area is 88.1 Å². The second-order valence-electron chi connectivity index (χ2n) is 4.03. The highest BCUT2D eigenvalue weighted by Crippen LogP contribution is 2.27. The van der Waals surface area contributed by atoms with Gasteiger partial charge in [0.05, 0.1) is 12.1 Å². The molecule has 0 bridgehead atoms. The second kappa shape index (κ2) is 4.02. The minimum atomic E-state index is -0.690. The number of rotatable bonds is 4. The fourth-order valence-electron chi connectivity index (χ4n) is 1.85. The third-order valence-corrected chi connectivity index (χ3v) is 2.92. The summed E-state index contributed by atoms with van der Waals surface area (Å²) in [5.74, 6) is -0.897. The molecule has 0 amide bonds. The van der Waals surface area contributed by atoms with Crippen LogP contribution in [0.1, 0.15) is 18.4 Å². The monoisotopic (exact) mass is 209 g/mol. The van der Waals surface area contributed by atoms with Crippen molar-refractivity contribution in [3.05, 3.63) is 18.0 Å². The Morgan fingerprint density at radius 1 is 1.73 bits per heavy atom. The molecule has 0 spiro atoms. The molecule has 2 atom stereocenters. The van der Waals surface area contributed by atoms with E-state index in [1.165, 1.54) is 0 Å². The van der Waals surface area contributed by atoms with Gasteiger partial charge in [0.15, 0.2) is 0 Å². The van der Waals surface area contributed by atoms with Crippen molar-refractivity contribution < 1.29 is 9.90 Å². The largest absolute Gasteiger partial charge is 0.481 e. The fraction of sp³-hybridized carbons (Fsp3) is 0.600. The number of aromatic nitrogens is 2. The molecule has 1 fully saturated rings. The number of nitrogens with one attached hydrogen (secondary N) is 1. The van der Waals surface area contributed by atoms with Crippen molar-refractivity contribution in [3.8, 4) is 0 Å². The van der Waals surface area contributed by atoms with Crippen LogP contribution in [0.2, 0.25) is 0 Å². The maximum Gasteiger partial charge on any atom is 0.308 e. The van der Waals surface area contributed by atoms with Crippen LogP contribution in [0, 0.1) is 5.92 Å². The molecule has 1 heterocycles. The first-order valence-corrected chi connectivity index (χ1v) is 5.10. The van der Waals surface area contributed by atoms with Crippen LogP contribution >= 0.6 is 0 Å². The van der Waals surface area contributed by atoms with E-state index in [9.17, 15) is 4.79 Å². The van der Waals surface area contributed by atoms with Gasteiger partial charge in [-0.15, -0.1) is 0 Å². The van der Waals surface area contributed by atoms with Gasteiger partial charge in [-0.05, 0) is 12.8 Å². The number of carboxylic acid groups (broad SMARTS) is 1. The summed E-state index contributed by atoms with van der Waals surface area (Å²) in [6, 6.07) is 0.128. The van der Waals surface area contributed by atoms with Gasteiger partial charge >= 0.3 is 5.97 Å². The molecule has 1 aliphatic rings. The summed E-state index contributed by atoms with van der Waals surface area (Å²) in [7, 11) is 1.87. The lowest BCUT2D eigenvalue weighted by molar-refractivity contribution is -0.146. The molecule has 0 saturated heterocycles. The molecule has 0 aliphatic heterocycles. The average molecular weight is 209 g/mol. The molecule has 1 aromatic rings. The maximum absolute atomic E-state index is 10.8. The Morgan fingerprint density at radius 2 is 2.53 bits per heavy atom. The van der Waals surface area contributed by atoms with E-state index in [1.807, 2.05) is 13.2 Å². The second-order valence-corrected chi connectivity index (χ2v) is 4.03. The van der Waals surface area contributed by atoms with Crippen LogP contribution in [-0.4, -0.2) is 26.9 Å². The molecule has 2 unspecified atom stereocenters. The smallest absolute Gasteiger partial charge is 0.308 e. The van der Waals surface area contributed by atoms with Crippen LogP contribution in [0.4, 0.5) is 0 Å². The highest BCUT2D eigenvalue weighted by atomic mass is 16.4. The van der Waals surface area contributed by atoms with Gasteiger partial charge in [0.2, 0.25) is 0 Å². The van der Waals surface area contributed by atoms with Crippen LogP contribution in [0.3, 0.4) is 0 Å². The molecular formula is C10H15N3O2. The molecule has 0 aromatic carbocycles. The van der Waals surface area contributed by atoms with E-state index in [0.717, 1.165) is 18.4 Å². The number of aliphatic carboxylic acids is 1. The molecule has 15 heavy (non-hydrogen) atoms. The van der Waals surface area contributed by atoms with Crippen LogP contribution in [0.25, 0.3) is 0 Å². The molecule has 1 saturated carbocycles. The van der Waals surface area contributed by atoms with E-state index >= 15 is 0 Å². The van der Waals surface area contributed by atoms with Crippen molar-refractivity contribution in [1.29, 1.82) is 0 Å². The van der Waals surface area contributed by atoms with E-state index in [-0.39, 0.29) is 12.0 Å². The fourth-order valence-corrected chi connectivity index (χ4v) is 1.85. The maximum atomic E-state index is 10.8. The normalized spacial score (nSPS) is 24.9. The van der Waals surface area contributed by atoms with Gasteiger partial charge in [-0.1, -0.05) is 0 Å². The van der Waals surface area contributed by atoms with Crippen molar-refractivity contribution >= 4 is 5.97 Å². The molecule has 2 N–H and O–H groups in total. The van der Waals surface area contributed by atoms with E-state index < -0.39 is 5.97 Å². The van der Waals surface area contributed by atoms with Crippen molar-refractivity contribution in [2.24, 2.45) is 13.0 Å². The zero-order valence-electron chi connectivity index (χ0n) is 8.68. The van der Waals surface area contributed by atoms with E-state index in [1.54, 1.807) is 10.9 Å². The highest BCUT2D eigenvalue weighted by Gasteiger charge is 2.35. The quantitative estimate of drug-likeness (QED) is 0.752. The number of nitrogens with zero attached hydrogens (tertiary/aromatic N) is 2. The summed E-state index contributed by atoms with van der Waals surface area (Å²) < 4.78 is 1.74. The van der Waals surface area contributed by atoms with Crippen molar-refractivity contribution in [3.63, 3.8) is 0 Å². The molecule has 5 heteroatoms. The van der Waals surface area contributed by atoms with Gasteiger partial charge in [0.25, 0.3) is 0 Å². The summed E-state index contributed by atoms with van der Waals surface area (Å²) in [4.78, 5) is 10.8. The Morgan fingerprint density at radius 3 is 3.00 bits per heavy atom. The lowest BCUT2D eigenvalue weighted by Gasteiger charge is -2.34. The van der Waals surface area contributed by atoms with Gasteiger partial charge in [-0.2, -0.15) is 5.10 Å². The summed E-state index contributed by atoms with van der Waals surface area (Å²) in [5, 5.41) is 16.1. The zero-order valence-corrected chi connectivity index (χ0v) is 8.68. The first-order chi connectivity index (χ1) is 7.16. The Kier molecular flexibility index (Phi) is 2.73. The minimum absolute atomic E-state index is 0.128. The van der Waals surface area contributed by atoms with Crippen molar-refractivity contribution in [1.82, 2.24) is 15.1 Å². The molecular weight excluding hydrogens is 194 g/mol. The topological polar surface area (TPSA) is 67.2 Å². The first kappa shape index (κ1) is 10.2. The summed E-state index contributed by atoms with van der Waals surface area (Å²) in [5.41, 5.74) is 1.09. The number of hydrogen-bond acceptors (Lipinski definition) is 3. The Hall–Kier alpha value is -1.36. The van der Waals surface area contributed by atoms with Crippen LogP contribution in [0.5, 0.6) is 0 Å². The summed E-state index contributed by atoms with van der Waals surface area (Å²) in [6.07, 6.45) is 5.47. The van der Waals surface area contributed by atoms with E-state index in [4.69, 9.17) is 5.11 Å². The van der Waals surface area contributed by atoms with Crippen molar-refractivity contribution in [2.45, 2.75) is 25.4 Å². The SMILES string of the molecule is Cn1cc(CNC2CCC2C(=O)O)cn1. The first-order valence-electron chi connectivity index (χ1n) is 5.10. The molecule has 0 radical (unpaired) electrons. The van der Waals surface area contributed by atoms with Crippen molar-refractivity contribution in [2.75, 3.05) is 0 Å². The molecule has 1 aromatic heterocycles. The van der Waals surface area contributed by atoms with Crippen LogP contribution in [-0.2, 0) is 18.4 Å². The molecule has 1 aliphatic carbocycles. The number of carbonyl (C=O) groups is 1. The lowest BCUT2D eigenvalue weighted by Crippen LogP contribution is -2.47. The zero-order chi connectivity index (χ0) is 10.8. The highest BCUT2D eigenvalue weighted by molar-refractivity contribution is 5.72. The van der Waals surface area contributed by atoms with Crippen LogP contribution in [0.15, 0.2) is 12.4 Å². The summed E-state index contributed by atoms with van der Waals surface area (Å²) in [6.45, 7) is 0.697. The summed E-state index contributed by atoms with van der Waals surface area (Å²) >= 11 is 0. The Bertz CT molecular complexity index is 361.